The highest BCUT2D eigenvalue weighted by Gasteiger charge is 2.06. The molecule has 0 bridgehead atoms. The normalized spacial score (nSPS) is 9.60. The van der Waals surface area contributed by atoms with Gasteiger partial charge >= 0.3 is 0 Å². The van der Waals surface area contributed by atoms with Crippen LogP contribution in [0.4, 0.5) is 5.69 Å². The van der Waals surface area contributed by atoms with Gasteiger partial charge in [-0.05, 0) is 12.1 Å². The molecule has 0 saturated heterocycles. The molecule has 0 spiro atoms. The van der Waals surface area contributed by atoms with Gasteiger partial charge in [0.25, 0.3) is 5.91 Å². The minimum Gasteiger partial charge on any atom is -0.298 e. The second-order valence-corrected chi connectivity index (χ2v) is 3.29. The van der Waals surface area contributed by atoms with E-state index >= 15 is 0 Å². The van der Waals surface area contributed by atoms with Gasteiger partial charge in [-0.2, -0.15) is 8.75 Å². The number of para-hydroxylation sites is 1. The molecule has 2 rings (SSSR count). The lowest BCUT2D eigenvalue weighted by atomic mass is 10.3. The molecule has 0 aliphatic carbocycles. The molecule has 0 atom stereocenters. The average molecular weight is 220 g/mol. The van der Waals surface area contributed by atoms with E-state index in [4.69, 9.17) is 0 Å². The summed E-state index contributed by atoms with van der Waals surface area (Å²) in [5.74, 6) is -0.299. The summed E-state index contributed by atoms with van der Waals surface area (Å²) in [5.41, 5.74) is 6.41. The fourth-order valence-electron chi connectivity index (χ4n) is 0.979. The van der Waals surface area contributed by atoms with Crippen molar-refractivity contribution < 1.29 is 4.79 Å². The Morgan fingerprint density at radius 1 is 1.27 bits per heavy atom. The monoisotopic (exact) mass is 220 g/mol. The Bertz CT molecular complexity index is 429. The molecule has 0 saturated carbocycles. The summed E-state index contributed by atoms with van der Waals surface area (Å²) < 4.78 is 7.55. The SMILES string of the molecule is O=C(NNc1ccccc1)c1cnsn1. The number of benzene rings is 1. The van der Waals surface area contributed by atoms with Crippen LogP contribution in [0, 0.1) is 0 Å². The van der Waals surface area contributed by atoms with Crippen LogP contribution in [0.1, 0.15) is 10.5 Å². The highest BCUT2D eigenvalue weighted by molar-refractivity contribution is 6.99. The van der Waals surface area contributed by atoms with Gasteiger partial charge in [-0.15, -0.1) is 0 Å². The van der Waals surface area contributed by atoms with Gasteiger partial charge in [0.05, 0.1) is 23.6 Å². The summed E-state index contributed by atoms with van der Waals surface area (Å²) in [5, 5.41) is 0. The van der Waals surface area contributed by atoms with Gasteiger partial charge in [-0.3, -0.25) is 15.6 Å². The topological polar surface area (TPSA) is 66.9 Å². The number of anilines is 1. The Hall–Kier alpha value is -1.95. The van der Waals surface area contributed by atoms with Crippen molar-refractivity contribution in [3.8, 4) is 0 Å². The second kappa shape index (κ2) is 4.52. The number of carbonyl (C=O) groups is 1. The molecular formula is C9H8N4OS. The molecule has 0 aliphatic rings. The third kappa shape index (κ3) is 2.50. The molecule has 76 valence electrons. The maximum atomic E-state index is 11.4. The largest absolute Gasteiger partial charge is 0.298 e. The van der Waals surface area contributed by atoms with Gasteiger partial charge < -0.3 is 0 Å². The molecule has 2 aromatic rings. The lowest BCUT2D eigenvalue weighted by Gasteiger charge is -2.05. The van der Waals surface area contributed by atoms with E-state index in [0.29, 0.717) is 5.69 Å². The molecule has 0 fully saturated rings. The number of aromatic nitrogens is 2. The van der Waals surface area contributed by atoms with Crippen molar-refractivity contribution >= 4 is 23.3 Å². The zero-order chi connectivity index (χ0) is 10.5. The third-order valence-corrected chi connectivity index (χ3v) is 2.17. The van der Waals surface area contributed by atoms with Gasteiger partial charge in [-0.25, -0.2) is 0 Å². The molecule has 1 heterocycles. The molecule has 1 aromatic carbocycles. The predicted molar refractivity (Wildman–Crippen MR) is 57.4 cm³/mol. The average Bonchev–Trinajstić information content (AvgIpc) is 2.81. The highest BCUT2D eigenvalue weighted by Crippen LogP contribution is 2.03. The second-order valence-electron chi connectivity index (χ2n) is 2.74. The van der Waals surface area contributed by atoms with E-state index in [1.807, 2.05) is 30.3 Å². The molecule has 0 unspecified atom stereocenters. The molecule has 0 aliphatic heterocycles. The summed E-state index contributed by atoms with van der Waals surface area (Å²) in [6.45, 7) is 0. The number of nitrogens with zero attached hydrogens (tertiary/aromatic N) is 2. The van der Waals surface area contributed by atoms with E-state index < -0.39 is 0 Å². The first-order chi connectivity index (χ1) is 7.36. The van der Waals surface area contributed by atoms with E-state index in [-0.39, 0.29) is 5.91 Å². The Balaban J connectivity index is 1.92. The van der Waals surface area contributed by atoms with E-state index in [0.717, 1.165) is 17.4 Å². The lowest BCUT2D eigenvalue weighted by molar-refractivity contribution is 0.0958. The van der Waals surface area contributed by atoms with Crippen molar-refractivity contribution in [3.63, 3.8) is 0 Å². The first-order valence-corrected chi connectivity index (χ1v) is 4.98. The van der Waals surface area contributed by atoms with Crippen molar-refractivity contribution in [2.75, 3.05) is 5.43 Å². The fourth-order valence-corrected chi connectivity index (χ4v) is 1.39. The number of nitrogens with one attached hydrogen (secondary N) is 2. The van der Waals surface area contributed by atoms with E-state index in [1.54, 1.807) is 0 Å². The number of carbonyl (C=O) groups excluding carboxylic acids is 1. The molecule has 6 heteroatoms. The summed E-state index contributed by atoms with van der Waals surface area (Å²) in [7, 11) is 0. The van der Waals surface area contributed by atoms with E-state index in [9.17, 15) is 4.79 Å². The van der Waals surface area contributed by atoms with Crippen LogP contribution in [-0.4, -0.2) is 14.7 Å². The first kappa shape index (κ1) is 9.60. The molecule has 1 amide bonds. The van der Waals surface area contributed by atoms with E-state index in [1.165, 1.54) is 6.20 Å². The predicted octanol–water partition coefficient (Wildman–Crippen LogP) is 1.29. The maximum Gasteiger partial charge on any atom is 0.290 e. The van der Waals surface area contributed by atoms with Crippen molar-refractivity contribution in [2.45, 2.75) is 0 Å². The minimum absolute atomic E-state index is 0.299. The van der Waals surface area contributed by atoms with Gasteiger partial charge in [0.15, 0.2) is 5.69 Å². The number of rotatable bonds is 3. The van der Waals surface area contributed by atoms with Crippen LogP contribution in [0.3, 0.4) is 0 Å². The lowest BCUT2D eigenvalue weighted by Crippen LogP contribution is -2.29. The van der Waals surface area contributed by atoms with Crippen molar-refractivity contribution in [2.24, 2.45) is 0 Å². The number of amides is 1. The molecular weight excluding hydrogens is 212 g/mol. The Morgan fingerprint density at radius 2 is 2.07 bits per heavy atom. The van der Waals surface area contributed by atoms with Crippen molar-refractivity contribution in [1.29, 1.82) is 0 Å². The van der Waals surface area contributed by atoms with Crippen LogP contribution >= 0.6 is 11.7 Å². The Kier molecular flexibility index (Phi) is 2.89. The van der Waals surface area contributed by atoms with Crippen LogP contribution in [0.15, 0.2) is 36.5 Å². The summed E-state index contributed by atoms with van der Waals surface area (Å²) >= 11 is 1.00. The third-order valence-electron chi connectivity index (χ3n) is 1.69. The van der Waals surface area contributed by atoms with Gasteiger partial charge in [0.1, 0.15) is 0 Å². The van der Waals surface area contributed by atoms with Gasteiger partial charge in [0, 0.05) is 0 Å². The van der Waals surface area contributed by atoms with Crippen LogP contribution in [0.25, 0.3) is 0 Å². The quantitative estimate of drug-likeness (QED) is 0.765. The number of hydrazine groups is 1. The molecule has 15 heavy (non-hydrogen) atoms. The molecule has 2 N–H and O–H groups in total. The molecule has 1 aromatic heterocycles. The molecule has 5 nitrogen and oxygen atoms in total. The smallest absolute Gasteiger partial charge is 0.290 e. The zero-order valence-corrected chi connectivity index (χ0v) is 8.49. The van der Waals surface area contributed by atoms with Crippen molar-refractivity contribution in [1.82, 2.24) is 14.2 Å². The van der Waals surface area contributed by atoms with Crippen LogP contribution in [0.2, 0.25) is 0 Å². The number of hydrogen-bond donors (Lipinski definition) is 2. The Labute approximate surface area is 90.4 Å². The van der Waals surface area contributed by atoms with Crippen LogP contribution < -0.4 is 10.9 Å². The number of hydrogen-bond acceptors (Lipinski definition) is 5. The Morgan fingerprint density at radius 3 is 2.73 bits per heavy atom. The van der Waals surface area contributed by atoms with E-state index in [2.05, 4.69) is 19.6 Å². The summed E-state index contributed by atoms with van der Waals surface area (Å²) in [6.07, 6.45) is 1.42. The van der Waals surface area contributed by atoms with Crippen molar-refractivity contribution in [3.05, 3.63) is 42.2 Å². The summed E-state index contributed by atoms with van der Waals surface area (Å²) in [6, 6.07) is 9.34. The summed E-state index contributed by atoms with van der Waals surface area (Å²) in [4.78, 5) is 11.4. The maximum absolute atomic E-state index is 11.4. The van der Waals surface area contributed by atoms with Crippen LogP contribution in [-0.2, 0) is 0 Å². The highest BCUT2D eigenvalue weighted by atomic mass is 32.1. The standard InChI is InChI=1S/C9H8N4OS/c14-9(8-6-10-15-13-8)12-11-7-4-2-1-3-5-7/h1-6,11H,(H,12,14). The molecule has 0 radical (unpaired) electrons. The van der Waals surface area contributed by atoms with Gasteiger partial charge in [-0.1, -0.05) is 18.2 Å². The first-order valence-electron chi connectivity index (χ1n) is 4.25. The van der Waals surface area contributed by atoms with Crippen LogP contribution in [0.5, 0.6) is 0 Å². The zero-order valence-electron chi connectivity index (χ0n) is 7.68. The van der Waals surface area contributed by atoms with Gasteiger partial charge in [0.2, 0.25) is 0 Å². The minimum atomic E-state index is -0.299. The fraction of sp³-hybridized carbons (Fsp3) is 0.